The Bertz CT molecular complexity index is 666. The summed E-state index contributed by atoms with van der Waals surface area (Å²) in [6.07, 6.45) is 4.94. The van der Waals surface area contributed by atoms with Gasteiger partial charge >= 0.3 is 6.03 Å². The summed E-state index contributed by atoms with van der Waals surface area (Å²) in [7, 11) is 0. The SMILES string of the molecule is O=C(CN1C(=O)[C@@H]2CCCN2C1=O)N1CCN(c2ncccn2)CC1. The van der Waals surface area contributed by atoms with Crippen LogP contribution in [0.15, 0.2) is 18.5 Å². The first kappa shape index (κ1) is 15.8. The topological polar surface area (TPSA) is 90.0 Å². The van der Waals surface area contributed by atoms with E-state index in [2.05, 4.69) is 9.97 Å². The number of hydrogen-bond donors (Lipinski definition) is 0. The lowest BCUT2D eigenvalue weighted by Crippen LogP contribution is -2.52. The lowest BCUT2D eigenvalue weighted by molar-refractivity contribution is -0.137. The number of anilines is 1. The second kappa shape index (κ2) is 6.30. The molecule has 0 unspecified atom stereocenters. The third-order valence-corrected chi connectivity index (χ3v) is 5.04. The molecule has 4 rings (SSSR count). The van der Waals surface area contributed by atoms with Gasteiger partial charge < -0.3 is 14.7 Å². The van der Waals surface area contributed by atoms with Gasteiger partial charge in [-0.25, -0.2) is 14.8 Å². The van der Waals surface area contributed by atoms with Crippen molar-refractivity contribution in [2.75, 3.05) is 44.2 Å². The molecule has 25 heavy (non-hydrogen) atoms. The number of carbonyl (C=O) groups is 3. The molecule has 3 fully saturated rings. The van der Waals surface area contributed by atoms with Gasteiger partial charge in [-0.3, -0.25) is 14.5 Å². The number of fused-ring (bicyclic) bond motifs is 1. The van der Waals surface area contributed by atoms with Gasteiger partial charge in [0.1, 0.15) is 12.6 Å². The van der Waals surface area contributed by atoms with E-state index in [-0.39, 0.29) is 30.4 Å². The van der Waals surface area contributed by atoms with Crippen molar-refractivity contribution in [2.24, 2.45) is 0 Å². The Labute approximate surface area is 145 Å². The summed E-state index contributed by atoms with van der Waals surface area (Å²) in [4.78, 5) is 52.0. The van der Waals surface area contributed by atoms with Gasteiger partial charge in [0.25, 0.3) is 5.91 Å². The minimum Gasteiger partial charge on any atom is -0.338 e. The summed E-state index contributed by atoms with van der Waals surface area (Å²) in [5, 5.41) is 0. The van der Waals surface area contributed by atoms with Crippen molar-refractivity contribution >= 4 is 23.8 Å². The maximum Gasteiger partial charge on any atom is 0.327 e. The van der Waals surface area contributed by atoms with Crippen LogP contribution in [-0.2, 0) is 9.59 Å². The van der Waals surface area contributed by atoms with Crippen LogP contribution < -0.4 is 4.90 Å². The molecule has 3 aliphatic rings. The van der Waals surface area contributed by atoms with Crippen molar-refractivity contribution < 1.29 is 14.4 Å². The highest BCUT2D eigenvalue weighted by molar-refractivity contribution is 6.06. The molecule has 0 saturated carbocycles. The molecule has 0 aromatic carbocycles. The predicted octanol–water partition coefficient (Wildman–Crippen LogP) is -0.448. The first-order valence-corrected chi connectivity index (χ1v) is 8.57. The summed E-state index contributed by atoms with van der Waals surface area (Å²) in [6, 6.07) is 1.09. The molecule has 132 valence electrons. The van der Waals surface area contributed by atoms with Crippen LogP contribution in [0, 0.1) is 0 Å². The quantitative estimate of drug-likeness (QED) is 0.690. The molecular weight excluding hydrogens is 324 g/mol. The van der Waals surface area contributed by atoms with Gasteiger partial charge in [-0.05, 0) is 18.9 Å². The Morgan fingerprint density at radius 1 is 1.08 bits per heavy atom. The number of carbonyl (C=O) groups excluding carboxylic acids is 3. The molecule has 0 bridgehead atoms. The van der Waals surface area contributed by atoms with Gasteiger partial charge in [0.15, 0.2) is 0 Å². The Kier molecular flexibility index (Phi) is 3.98. The summed E-state index contributed by atoms with van der Waals surface area (Å²) >= 11 is 0. The highest BCUT2D eigenvalue weighted by Crippen LogP contribution is 2.27. The molecular formula is C16H20N6O3. The Balaban J connectivity index is 1.34. The molecule has 0 spiro atoms. The number of hydrogen-bond acceptors (Lipinski definition) is 6. The monoisotopic (exact) mass is 344 g/mol. The van der Waals surface area contributed by atoms with E-state index in [0.717, 1.165) is 11.3 Å². The number of aromatic nitrogens is 2. The fourth-order valence-electron chi connectivity index (χ4n) is 3.67. The zero-order valence-electron chi connectivity index (χ0n) is 13.9. The molecule has 1 atom stereocenters. The van der Waals surface area contributed by atoms with Crippen LogP contribution in [0.25, 0.3) is 0 Å². The minimum atomic E-state index is -0.354. The molecule has 0 N–H and O–H groups in total. The molecule has 0 radical (unpaired) electrons. The van der Waals surface area contributed by atoms with Crippen LogP contribution >= 0.6 is 0 Å². The zero-order valence-corrected chi connectivity index (χ0v) is 13.9. The molecule has 4 heterocycles. The molecule has 3 saturated heterocycles. The number of amides is 4. The van der Waals surface area contributed by atoms with Gasteiger partial charge in [0, 0.05) is 45.1 Å². The van der Waals surface area contributed by atoms with E-state index in [1.165, 1.54) is 0 Å². The van der Waals surface area contributed by atoms with Gasteiger partial charge in [-0.1, -0.05) is 0 Å². The normalized spacial score (nSPS) is 23.4. The fourth-order valence-corrected chi connectivity index (χ4v) is 3.67. The van der Waals surface area contributed by atoms with Crippen LogP contribution in [0.1, 0.15) is 12.8 Å². The fraction of sp³-hybridized carbons (Fsp3) is 0.562. The van der Waals surface area contributed by atoms with E-state index in [1.54, 1.807) is 28.3 Å². The second-order valence-corrected chi connectivity index (χ2v) is 6.48. The highest BCUT2D eigenvalue weighted by Gasteiger charge is 2.48. The number of rotatable bonds is 3. The molecule has 0 aliphatic carbocycles. The molecule has 3 aliphatic heterocycles. The average Bonchev–Trinajstić information content (AvgIpc) is 3.22. The van der Waals surface area contributed by atoms with E-state index in [4.69, 9.17) is 0 Å². The largest absolute Gasteiger partial charge is 0.338 e. The lowest BCUT2D eigenvalue weighted by Gasteiger charge is -2.35. The van der Waals surface area contributed by atoms with E-state index in [1.807, 2.05) is 4.90 Å². The molecule has 9 nitrogen and oxygen atoms in total. The van der Waals surface area contributed by atoms with E-state index in [0.29, 0.717) is 45.1 Å². The maximum atomic E-state index is 12.5. The van der Waals surface area contributed by atoms with E-state index in [9.17, 15) is 14.4 Å². The van der Waals surface area contributed by atoms with E-state index >= 15 is 0 Å². The summed E-state index contributed by atoms with van der Waals surface area (Å²) in [6.45, 7) is 2.77. The highest BCUT2D eigenvalue weighted by atomic mass is 16.2. The number of nitrogens with zero attached hydrogens (tertiary/aromatic N) is 6. The van der Waals surface area contributed by atoms with Crippen molar-refractivity contribution in [3.8, 4) is 0 Å². The molecule has 9 heteroatoms. The van der Waals surface area contributed by atoms with Crippen LogP contribution in [0.5, 0.6) is 0 Å². The van der Waals surface area contributed by atoms with Crippen molar-refractivity contribution in [1.29, 1.82) is 0 Å². The van der Waals surface area contributed by atoms with Gasteiger partial charge in [0.2, 0.25) is 11.9 Å². The predicted molar refractivity (Wildman–Crippen MR) is 87.7 cm³/mol. The second-order valence-electron chi connectivity index (χ2n) is 6.48. The van der Waals surface area contributed by atoms with Crippen LogP contribution in [-0.4, -0.2) is 87.8 Å². The first-order chi connectivity index (χ1) is 12.1. The summed E-state index contributed by atoms with van der Waals surface area (Å²) < 4.78 is 0. The molecule has 1 aromatic rings. The standard InChI is InChI=1S/C16H20N6O3/c23-13(11-22-14(24)12-3-1-6-21(12)16(22)25)19-7-9-20(10-8-19)15-17-4-2-5-18-15/h2,4-5,12H,1,3,6-11H2/t12-/m0/s1. The minimum absolute atomic E-state index is 0.160. The van der Waals surface area contributed by atoms with Gasteiger partial charge in [-0.15, -0.1) is 0 Å². The zero-order chi connectivity index (χ0) is 17.4. The third kappa shape index (κ3) is 2.79. The summed E-state index contributed by atoms with van der Waals surface area (Å²) in [5.41, 5.74) is 0. The first-order valence-electron chi connectivity index (χ1n) is 8.57. The summed E-state index contributed by atoms with van der Waals surface area (Å²) in [5.74, 6) is 0.240. The van der Waals surface area contributed by atoms with E-state index < -0.39 is 0 Å². The van der Waals surface area contributed by atoms with Crippen molar-refractivity contribution in [3.63, 3.8) is 0 Å². The van der Waals surface area contributed by atoms with Crippen LogP contribution in [0.3, 0.4) is 0 Å². The van der Waals surface area contributed by atoms with Gasteiger partial charge in [-0.2, -0.15) is 0 Å². The van der Waals surface area contributed by atoms with Gasteiger partial charge in [0.05, 0.1) is 0 Å². The number of urea groups is 1. The Morgan fingerprint density at radius 2 is 1.80 bits per heavy atom. The number of imide groups is 1. The smallest absolute Gasteiger partial charge is 0.327 e. The number of piperazine rings is 1. The average molecular weight is 344 g/mol. The van der Waals surface area contributed by atoms with Crippen molar-refractivity contribution in [3.05, 3.63) is 18.5 Å². The molecule has 4 amide bonds. The van der Waals surface area contributed by atoms with Crippen molar-refractivity contribution in [2.45, 2.75) is 18.9 Å². The third-order valence-electron chi connectivity index (χ3n) is 5.04. The Morgan fingerprint density at radius 3 is 2.48 bits per heavy atom. The molecule has 1 aromatic heterocycles. The Hall–Kier alpha value is -2.71. The van der Waals surface area contributed by atoms with Crippen molar-refractivity contribution in [1.82, 2.24) is 24.7 Å². The maximum absolute atomic E-state index is 12.5. The van der Waals surface area contributed by atoms with Crippen LogP contribution in [0.2, 0.25) is 0 Å². The van der Waals surface area contributed by atoms with Crippen LogP contribution in [0.4, 0.5) is 10.7 Å². The lowest BCUT2D eigenvalue weighted by atomic mass is 10.2.